The predicted octanol–water partition coefficient (Wildman–Crippen LogP) is 1.45. The van der Waals surface area contributed by atoms with E-state index in [1.807, 2.05) is 0 Å². The van der Waals surface area contributed by atoms with E-state index in [0.29, 0.717) is 24.3 Å². The Morgan fingerprint density at radius 3 is 2.73 bits per heavy atom. The van der Waals surface area contributed by atoms with E-state index in [0.717, 1.165) is 17.4 Å². The maximum Gasteiger partial charge on any atom is 0.287 e. The first-order chi connectivity index (χ1) is 10.3. The van der Waals surface area contributed by atoms with Crippen LogP contribution in [0.4, 0.5) is 0 Å². The summed E-state index contributed by atoms with van der Waals surface area (Å²) in [7, 11) is 6.32. The van der Waals surface area contributed by atoms with Crippen molar-refractivity contribution >= 4 is 11.7 Å². The van der Waals surface area contributed by atoms with Crippen LogP contribution < -0.4 is 5.32 Å². The number of amides is 1. The largest absolute Gasteiger partial charge is 0.455 e. The Morgan fingerprint density at radius 2 is 2.00 bits per heavy atom. The Hall–Kier alpha value is -2.14. The van der Waals surface area contributed by atoms with E-state index in [1.54, 1.807) is 24.3 Å². The van der Waals surface area contributed by atoms with Gasteiger partial charge in [-0.05, 0) is 6.08 Å². The molecule has 0 aromatic heterocycles. The molecule has 1 aliphatic carbocycles. The van der Waals surface area contributed by atoms with Crippen LogP contribution in [-0.4, -0.2) is 50.4 Å². The summed E-state index contributed by atoms with van der Waals surface area (Å²) in [5, 5.41) is 2.81. The molecule has 0 spiro atoms. The summed E-state index contributed by atoms with van der Waals surface area (Å²) in [4.78, 5) is 24.3. The van der Waals surface area contributed by atoms with Crippen molar-refractivity contribution in [3.8, 4) is 0 Å². The molecule has 0 atom stereocenters. The number of nitrogens with one attached hydrogen (secondary N) is 1. The van der Waals surface area contributed by atoms with E-state index in [-0.39, 0.29) is 17.4 Å². The van der Waals surface area contributed by atoms with Crippen LogP contribution in [0.2, 0.25) is 0 Å². The van der Waals surface area contributed by atoms with Crippen molar-refractivity contribution in [2.24, 2.45) is 0 Å². The number of nitrogens with zero attached hydrogens (tertiary/aromatic N) is 1. The van der Waals surface area contributed by atoms with Gasteiger partial charge in [-0.3, -0.25) is 9.59 Å². The molecule has 2 aliphatic rings. The number of hydrogen-bond donors (Lipinski definition) is 1. The molecule has 1 aliphatic heterocycles. The van der Waals surface area contributed by atoms with Crippen molar-refractivity contribution in [3.63, 3.8) is 0 Å². The molecule has 1 N–H and O–H groups in total. The van der Waals surface area contributed by atoms with Crippen LogP contribution in [0.25, 0.3) is 0 Å². The summed E-state index contributed by atoms with van der Waals surface area (Å²) in [6, 6.07) is 0. The lowest BCUT2D eigenvalue weighted by Gasteiger charge is -2.23. The molecule has 0 saturated heterocycles. The number of ketones is 1. The van der Waals surface area contributed by atoms with Crippen LogP contribution in [0.1, 0.15) is 12.8 Å². The van der Waals surface area contributed by atoms with Gasteiger partial charge in [0.1, 0.15) is 5.76 Å². The van der Waals surface area contributed by atoms with Crippen LogP contribution in [0, 0.1) is 0 Å². The van der Waals surface area contributed by atoms with Gasteiger partial charge in [0.05, 0.1) is 27.7 Å². The predicted molar refractivity (Wildman–Crippen MR) is 84.6 cm³/mol. The zero-order valence-corrected chi connectivity index (χ0v) is 13.4. The zero-order chi connectivity index (χ0) is 16.2. The topological polar surface area (TPSA) is 55.4 Å². The van der Waals surface area contributed by atoms with Gasteiger partial charge in [0, 0.05) is 31.0 Å². The number of ether oxygens (including phenoxy) is 1. The van der Waals surface area contributed by atoms with Crippen LogP contribution in [0.3, 0.4) is 0 Å². The molecular weight excluding hydrogens is 280 g/mol. The molecule has 1 amide bonds. The molecule has 5 heteroatoms. The van der Waals surface area contributed by atoms with Crippen molar-refractivity contribution < 1.29 is 18.8 Å². The van der Waals surface area contributed by atoms with Gasteiger partial charge in [-0.1, -0.05) is 18.2 Å². The number of carbonyl (C=O) groups excluding carboxylic acids is 2. The molecule has 5 nitrogen and oxygen atoms in total. The lowest BCUT2D eigenvalue weighted by molar-refractivity contribution is -0.870. The second-order valence-electron chi connectivity index (χ2n) is 6.48. The number of hydrogen-bond acceptors (Lipinski definition) is 3. The van der Waals surface area contributed by atoms with Gasteiger partial charge in [-0.2, -0.15) is 0 Å². The Balaban J connectivity index is 1.96. The molecule has 0 aromatic rings. The Kier molecular flexibility index (Phi) is 4.98. The van der Waals surface area contributed by atoms with Crippen LogP contribution in [-0.2, 0) is 14.3 Å². The first kappa shape index (κ1) is 16.2. The molecule has 22 heavy (non-hydrogen) atoms. The zero-order valence-electron chi connectivity index (χ0n) is 13.4. The van der Waals surface area contributed by atoms with E-state index in [9.17, 15) is 9.59 Å². The molecule has 118 valence electrons. The summed E-state index contributed by atoms with van der Waals surface area (Å²) >= 11 is 0. The Morgan fingerprint density at radius 1 is 1.27 bits per heavy atom. The van der Waals surface area contributed by atoms with Gasteiger partial charge in [-0.25, -0.2) is 0 Å². The first-order valence-electron chi connectivity index (χ1n) is 7.44. The molecule has 0 unspecified atom stereocenters. The van der Waals surface area contributed by atoms with Gasteiger partial charge in [-0.15, -0.1) is 0 Å². The standard InChI is InChI=1S/C17H22N2O3/c1-19(2,3)10-6-9-18-17(21)16-12-15(20)13-7-4-5-8-14(11-13)22-16/h4-5,7-8,12H,6,9-11H2,1-3H3/p+1. The van der Waals surface area contributed by atoms with E-state index in [2.05, 4.69) is 26.5 Å². The molecule has 0 radical (unpaired) electrons. The molecule has 0 aromatic carbocycles. The fraction of sp³-hybridized carbons (Fsp3) is 0.412. The summed E-state index contributed by atoms with van der Waals surface area (Å²) in [5.74, 6) is 0.164. The third-order valence-corrected chi connectivity index (χ3v) is 3.39. The highest BCUT2D eigenvalue weighted by Gasteiger charge is 2.23. The van der Waals surface area contributed by atoms with Crippen molar-refractivity contribution in [1.29, 1.82) is 0 Å². The normalized spacial score (nSPS) is 17.6. The summed E-state index contributed by atoms with van der Waals surface area (Å²) in [6.45, 7) is 1.52. The maximum absolute atomic E-state index is 12.2. The SMILES string of the molecule is C[N+](C)(C)CCCNC(=O)C1=CC(=O)C2=CC=CC=C(C2)O1. The van der Waals surface area contributed by atoms with Crippen molar-refractivity contribution in [2.45, 2.75) is 12.8 Å². The molecule has 2 rings (SSSR count). The summed E-state index contributed by atoms with van der Waals surface area (Å²) < 4.78 is 6.43. The number of rotatable bonds is 5. The fourth-order valence-corrected chi connectivity index (χ4v) is 2.22. The smallest absolute Gasteiger partial charge is 0.287 e. The average Bonchev–Trinajstić information content (AvgIpc) is 2.75. The number of fused-ring (bicyclic) bond motifs is 2. The number of quaternary nitrogens is 1. The summed E-state index contributed by atoms with van der Waals surface area (Å²) in [6.07, 6.45) is 9.70. The van der Waals surface area contributed by atoms with Crippen molar-refractivity contribution in [1.82, 2.24) is 5.32 Å². The first-order valence-corrected chi connectivity index (χ1v) is 7.44. The molecule has 2 bridgehead atoms. The lowest BCUT2D eigenvalue weighted by atomic mass is 10.1. The highest BCUT2D eigenvalue weighted by molar-refractivity contribution is 6.09. The lowest BCUT2D eigenvalue weighted by Crippen LogP contribution is -2.37. The van der Waals surface area contributed by atoms with Crippen LogP contribution >= 0.6 is 0 Å². The second-order valence-corrected chi connectivity index (χ2v) is 6.48. The van der Waals surface area contributed by atoms with Gasteiger partial charge in [0.25, 0.3) is 5.91 Å². The van der Waals surface area contributed by atoms with Gasteiger partial charge < -0.3 is 14.5 Å². The third-order valence-electron chi connectivity index (χ3n) is 3.39. The van der Waals surface area contributed by atoms with Crippen LogP contribution in [0.15, 0.2) is 47.5 Å². The molecular formula is C17H23N2O3+. The molecule has 1 heterocycles. The monoisotopic (exact) mass is 303 g/mol. The van der Waals surface area contributed by atoms with Gasteiger partial charge >= 0.3 is 0 Å². The van der Waals surface area contributed by atoms with E-state index < -0.39 is 0 Å². The quantitative estimate of drug-likeness (QED) is 0.618. The summed E-state index contributed by atoms with van der Waals surface area (Å²) in [5.41, 5.74) is 0.632. The van der Waals surface area contributed by atoms with Crippen LogP contribution in [0.5, 0.6) is 0 Å². The average molecular weight is 303 g/mol. The second kappa shape index (κ2) is 6.75. The maximum atomic E-state index is 12.2. The van der Waals surface area contributed by atoms with E-state index in [4.69, 9.17) is 4.74 Å². The minimum atomic E-state index is -0.341. The molecule has 0 fully saturated rings. The fourth-order valence-electron chi connectivity index (χ4n) is 2.22. The van der Waals surface area contributed by atoms with Crippen molar-refractivity contribution in [3.05, 3.63) is 47.5 Å². The van der Waals surface area contributed by atoms with Gasteiger partial charge in [0.15, 0.2) is 11.5 Å². The highest BCUT2D eigenvalue weighted by Crippen LogP contribution is 2.24. The minimum Gasteiger partial charge on any atom is -0.455 e. The third kappa shape index (κ3) is 4.70. The Labute approximate surface area is 131 Å². The number of allylic oxidation sites excluding steroid dienone is 6. The minimum absolute atomic E-state index is 0.0696. The number of carbonyl (C=O) groups is 2. The van der Waals surface area contributed by atoms with Crippen molar-refractivity contribution in [2.75, 3.05) is 34.2 Å². The highest BCUT2D eigenvalue weighted by atomic mass is 16.5. The van der Waals surface area contributed by atoms with E-state index in [1.165, 1.54) is 6.08 Å². The Bertz CT molecular complexity index is 590. The van der Waals surface area contributed by atoms with E-state index >= 15 is 0 Å². The molecule has 0 saturated carbocycles. The van der Waals surface area contributed by atoms with Gasteiger partial charge in [0.2, 0.25) is 0 Å².